The summed E-state index contributed by atoms with van der Waals surface area (Å²) >= 11 is 0. The van der Waals surface area contributed by atoms with Crippen LogP contribution in [0, 0.1) is 5.82 Å². The van der Waals surface area contributed by atoms with E-state index in [9.17, 15) is 14.0 Å². The number of fused-ring (bicyclic) bond motifs is 1. The quantitative estimate of drug-likeness (QED) is 0.638. The Morgan fingerprint density at radius 2 is 2.07 bits per heavy atom. The van der Waals surface area contributed by atoms with Crippen molar-refractivity contribution in [1.29, 1.82) is 0 Å². The van der Waals surface area contributed by atoms with E-state index in [1.54, 1.807) is 0 Å². The highest BCUT2D eigenvalue weighted by molar-refractivity contribution is 5.83. The SMILES string of the molecule is [2H]C([2H])(c1c[nH]c2cc(F)ccc12)[C@@H]1C[C@H](OC(C)=O)CN1C(=O)OCc1ccccc1. The number of likely N-dealkylation sites (tertiary alicyclic amines) is 1. The van der Waals surface area contributed by atoms with Crippen LogP contribution in [0.1, 0.15) is 27.2 Å². The highest BCUT2D eigenvalue weighted by atomic mass is 19.1. The number of carbonyl (C=O) groups excluding carboxylic acids is 2. The normalized spacial score (nSPS) is 20.0. The highest BCUT2D eigenvalue weighted by Gasteiger charge is 2.38. The molecule has 156 valence electrons. The van der Waals surface area contributed by atoms with Crippen molar-refractivity contribution in [3.8, 4) is 0 Å². The molecule has 30 heavy (non-hydrogen) atoms. The largest absolute Gasteiger partial charge is 0.461 e. The fourth-order valence-electron chi connectivity index (χ4n) is 3.66. The van der Waals surface area contributed by atoms with Crippen molar-refractivity contribution in [2.75, 3.05) is 6.54 Å². The molecule has 2 aromatic carbocycles. The molecule has 1 fully saturated rings. The zero-order valence-electron chi connectivity index (χ0n) is 18.4. The van der Waals surface area contributed by atoms with Crippen LogP contribution in [0.15, 0.2) is 54.7 Å². The molecule has 2 atom stereocenters. The summed E-state index contributed by atoms with van der Waals surface area (Å²) in [7, 11) is 0. The van der Waals surface area contributed by atoms with E-state index < -0.39 is 36.4 Å². The first-order valence-corrected chi connectivity index (χ1v) is 9.67. The lowest BCUT2D eigenvalue weighted by atomic mass is 10.0. The number of aromatic nitrogens is 1. The number of carbonyl (C=O) groups is 2. The fourth-order valence-corrected chi connectivity index (χ4v) is 3.66. The van der Waals surface area contributed by atoms with Crippen LogP contribution in [0.25, 0.3) is 10.9 Å². The number of rotatable bonds is 5. The Bertz CT molecular complexity index is 1140. The summed E-state index contributed by atoms with van der Waals surface area (Å²) in [5.41, 5.74) is 1.55. The number of hydrogen-bond acceptors (Lipinski definition) is 4. The van der Waals surface area contributed by atoms with Crippen LogP contribution in [-0.4, -0.2) is 40.6 Å². The van der Waals surface area contributed by atoms with Crippen LogP contribution < -0.4 is 0 Å². The summed E-state index contributed by atoms with van der Waals surface area (Å²) in [4.78, 5) is 28.6. The molecule has 2 heterocycles. The number of H-pyrrole nitrogens is 1. The molecule has 0 bridgehead atoms. The molecule has 1 N–H and O–H groups in total. The van der Waals surface area contributed by atoms with Gasteiger partial charge >= 0.3 is 12.1 Å². The Balaban J connectivity index is 1.61. The minimum absolute atomic E-state index is 0.0222. The summed E-state index contributed by atoms with van der Waals surface area (Å²) < 4.78 is 42.0. The summed E-state index contributed by atoms with van der Waals surface area (Å²) in [5.74, 6) is -0.940. The van der Waals surface area contributed by atoms with Crippen LogP contribution in [0.4, 0.5) is 9.18 Å². The van der Waals surface area contributed by atoms with Gasteiger partial charge in [-0.25, -0.2) is 9.18 Å². The van der Waals surface area contributed by atoms with E-state index in [-0.39, 0.29) is 19.6 Å². The van der Waals surface area contributed by atoms with Crippen molar-refractivity contribution in [3.05, 3.63) is 71.7 Å². The lowest BCUT2D eigenvalue weighted by Crippen LogP contribution is -2.37. The molecule has 1 amide bonds. The molecule has 1 aromatic heterocycles. The minimum Gasteiger partial charge on any atom is -0.461 e. The Kier molecular flexibility index (Phi) is 5.00. The molecule has 1 aliphatic heterocycles. The predicted molar refractivity (Wildman–Crippen MR) is 109 cm³/mol. The topological polar surface area (TPSA) is 71.6 Å². The van der Waals surface area contributed by atoms with Gasteiger partial charge in [-0.2, -0.15) is 0 Å². The van der Waals surface area contributed by atoms with Crippen LogP contribution in [0.2, 0.25) is 0 Å². The van der Waals surface area contributed by atoms with Gasteiger partial charge in [0.2, 0.25) is 0 Å². The molecule has 1 saturated heterocycles. The first kappa shape index (κ1) is 17.5. The molecule has 3 aromatic rings. The van der Waals surface area contributed by atoms with Crippen molar-refractivity contribution in [3.63, 3.8) is 0 Å². The average Bonchev–Trinajstić information content (AvgIpc) is 3.37. The molecular formula is C23H23FN2O4. The zero-order valence-corrected chi connectivity index (χ0v) is 16.4. The third-order valence-corrected chi connectivity index (χ3v) is 5.00. The number of esters is 1. The summed E-state index contributed by atoms with van der Waals surface area (Å²) in [6, 6.07) is 12.3. The molecule has 0 aliphatic carbocycles. The van der Waals surface area contributed by atoms with Gasteiger partial charge in [-0.05, 0) is 35.7 Å². The van der Waals surface area contributed by atoms with Gasteiger partial charge in [0, 0.05) is 39.2 Å². The van der Waals surface area contributed by atoms with E-state index >= 15 is 0 Å². The fraction of sp³-hybridized carbons (Fsp3) is 0.304. The van der Waals surface area contributed by atoms with E-state index in [1.807, 2.05) is 30.3 Å². The van der Waals surface area contributed by atoms with Crippen molar-refractivity contribution < 1.29 is 26.2 Å². The Labute approximate surface area is 176 Å². The third-order valence-electron chi connectivity index (χ3n) is 5.00. The summed E-state index contributed by atoms with van der Waals surface area (Å²) in [6.45, 7) is 1.33. The highest BCUT2D eigenvalue weighted by Crippen LogP contribution is 2.28. The number of aromatic amines is 1. The van der Waals surface area contributed by atoms with Crippen molar-refractivity contribution >= 4 is 23.0 Å². The second-order valence-electron chi connectivity index (χ2n) is 7.21. The van der Waals surface area contributed by atoms with E-state index in [0.29, 0.717) is 16.5 Å². The molecule has 1 aliphatic rings. The van der Waals surface area contributed by atoms with Crippen molar-refractivity contribution in [2.45, 2.75) is 38.5 Å². The molecule has 0 unspecified atom stereocenters. The number of nitrogens with one attached hydrogen (secondary N) is 1. The van der Waals surface area contributed by atoms with Gasteiger partial charge in [-0.15, -0.1) is 0 Å². The standard InChI is InChI=1S/C23H23FN2O4/c1-15(27)30-20-11-19(9-17-12-25-22-10-18(24)7-8-21(17)22)26(13-20)23(28)29-14-16-5-3-2-4-6-16/h2-8,10,12,19-20,25H,9,11,13-14H2,1H3/t19-,20+/m1/s1/i9D2. The Morgan fingerprint density at radius 3 is 2.83 bits per heavy atom. The number of hydrogen-bond donors (Lipinski definition) is 1. The maximum Gasteiger partial charge on any atom is 0.410 e. The maximum absolute atomic E-state index is 13.6. The van der Waals surface area contributed by atoms with Crippen molar-refractivity contribution in [2.24, 2.45) is 0 Å². The molecule has 0 saturated carbocycles. The second-order valence-corrected chi connectivity index (χ2v) is 7.21. The van der Waals surface area contributed by atoms with E-state index in [1.165, 1.54) is 36.2 Å². The van der Waals surface area contributed by atoms with E-state index in [2.05, 4.69) is 4.98 Å². The number of nitrogens with zero attached hydrogens (tertiary/aromatic N) is 1. The third kappa shape index (κ3) is 4.45. The smallest absolute Gasteiger partial charge is 0.410 e. The Morgan fingerprint density at radius 1 is 1.27 bits per heavy atom. The van der Waals surface area contributed by atoms with E-state index in [4.69, 9.17) is 12.2 Å². The number of halogens is 1. The van der Waals surface area contributed by atoms with Crippen molar-refractivity contribution in [1.82, 2.24) is 9.88 Å². The number of benzene rings is 2. The minimum atomic E-state index is -2.02. The average molecular weight is 412 g/mol. The van der Waals surface area contributed by atoms with Gasteiger partial charge < -0.3 is 19.4 Å². The van der Waals surface area contributed by atoms with Gasteiger partial charge in [-0.3, -0.25) is 4.79 Å². The molecule has 0 spiro atoms. The van der Waals surface area contributed by atoms with Gasteiger partial charge in [0.15, 0.2) is 0 Å². The van der Waals surface area contributed by atoms with Gasteiger partial charge in [-0.1, -0.05) is 30.3 Å². The maximum atomic E-state index is 13.6. The first-order chi connectivity index (χ1) is 15.3. The lowest BCUT2D eigenvalue weighted by molar-refractivity contribution is -0.145. The van der Waals surface area contributed by atoms with Crippen LogP contribution in [-0.2, 0) is 27.2 Å². The summed E-state index contributed by atoms with van der Waals surface area (Å²) in [5, 5.41) is 0.518. The molecular weight excluding hydrogens is 387 g/mol. The zero-order chi connectivity index (χ0) is 22.9. The first-order valence-electron chi connectivity index (χ1n) is 10.7. The van der Waals surface area contributed by atoms with Gasteiger partial charge in [0.1, 0.15) is 18.5 Å². The van der Waals surface area contributed by atoms with Crippen LogP contribution >= 0.6 is 0 Å². The Hall–Kier alpha value is -3.35. The van der Waals surface area contributed by atoms with E-state index in [0.717, 1.165) is 5.56 Å². The summed E-state index contributed by atoms with van der Waals surface area (Å²) in [6.07, 6.45) is -1.77. The van der Waals surface area contributed by atoms with Crippen LogP contribution in [0.3, 0.4) is 0 Å². The molecule has 7 heteroatoms. The molecule has 6 nitrogen and oxygen atoms in total. The predicted octanol–water partition coefficient (Wildman–Crippen LogP) is 4.19. The molecule has 4 rings (SSSR count). The van der Waals surface area contributed by atoms with Crippen LogP contribution in [0.5, 0.6) is 0 Å². The number of ether oxygens (including phenoxy) is 2. The lowest BCUT2D eigenvalue weighted by Gasteiger charge is -2.23. The van der Waals surface area contributed by atoms with Gasteiger partial charge in [0.25, 0.3) is 0 Å². The van der Waals surface area contributed by atoms with Gasteiger partial charge in [0.05, 0.1) is 6.54 Å². The second kappa shape index (κ2) is 8.57. The monoisotopic (exact) mass is 412 g/mol. The molecule has 0 radical (unpaired) electrons. The number of amides is 1.